The molecule has 5 heterocycles. The van der Waals surface area contributed by atoms with Crippen molar-refractivity contribution < 1.29 is 36.7 Å². The zero-order valence-corrected chi connectivity index (χ0v) is 24.6. The Bertz CT molecular complexity index is 1800. The SMILES string of the molecule is COc1cc2nn(C3CCN(Cc4cc(C5CCC(=O)NC5=O)cnc4F)CC3)cc2cc1NC(=O)c1ccc(C(F)(F)F)nc1. The Balaban J connectivity index is 1.11. The average Bonchev–Trinajstić information content (AvgIpc) is 3.45. The van der Waals surface area contributed by atoms with Gasteiger partial charge in [0.2, 0.25) is 17.8 Å². The molecular formula is C31H29F4N7O4. The predicted octanol–water partition coefficient (Wildman–Crippen LogP) is 4.60. The van der Waals surface area contributed by atoms with E-state index in [0.29, 0.717) is 54.1 Å². The molecule has 2 aliphatic heterocycles. The maximum atomic E-state index is 14.7. The number of anilines is 1. The van der Waals surface area contributed by atoms with Crippen LogP contribution in [-0.2, 0) is 22.3 Å². The third-order valence-corrected chi connectivity index (χ3v) is 8.31. The Morgan fingerprint density at radius 3 is 2.54 bits per heavy atom. The van der Waals surface area contributed by atoms with Crippen molar-refractivity contribution in [2.75, 3.05) is 25.5 Å². The van der Waals surface area contributed by atoms with Crippen molar-refractivity contribution in [3.05, 3.63) is 77.3 Å². The van der Waals surface area contributed by atoms with Crippen LogP contribution in [0.1, 0.15) is 64.8 Å². The van der Waals surface area contributed by atoms with Crippen LogP contribution in [-0.4, -0.2) is 62.6 Å². The molecular weight excluding hydrogens is 610 g/mol. The van der Waals surface area contributed by atoms with Gasteiger partial charge in [0.05, 0.1) is 35.8 Å². The molecule has 3 aromatic heterocycles. The smallest absolute Gasteiger partial charge is 0.433 e. The van der Waals surface area contributed by atoms with Gasteiger partial charge in [0.25, 0.3) is 5.91 Å². The quantitative estimate of drug-likeness (QED) is 0.171. The summed E-state index contributed by atoms with van der Waals surface area (Å²) < 4.78 is 60.5. The first-order valence-electron chi connectivity index (χ1n) is 14.6. The molecule has 2 fully saturated rings. The molecule has 240 valence electrons. The van der Waals surface area contributed by atoms with Crippen LogP contribution < -0.4 is 15.4 Å². The number of halogens is 4. The average molecular weight is 640 g/mol. The van der Waals surface area contributed by atoms with Crippen molar-refractivity contribution in [1.29, 1.82) is 0 Å². The molecule has 6 rings (SSSR count). The number of carbonyl (C=O) groups excluding carboxylic acids is 3. The van der Waals surface area contributed by atoms with Gasteiger partial charge in [0, 0.05) is 61.7 Å². The van der Waals surface area contributed by atoms with Gasteiger partial charge in [-0.2, -0.15) is 22.7 Å². The van der Waals surface area contributed by atoms with E-state index in [1.54, 1.807) is 18.2 Å². The number of hydrogen-bond acceptors (Lipinski definition) is 8. The lowest BCUT2D eigenvalue weighted by molar-refractivity contribution is -0.141. The van der Waals surface area contributed by atoms with Crippen LogP contribution in [0.15, 0.2) is 48.9 Å². The number of alkyl halides is 3. The maximum absolute atomic E-state index is 14.7. The summed E-state index contributed by atoms with van der Waals surface area (Å²) in [6, 6.07) is 6.88. The minimum Gasteiger partial charge on any atom is -0.494 e. The second kappa shape index (κ2) is 12.5. The number of piperidine rings is 2. The number of benzene rings is 1. The first kappa shape index (κ1) is 31.1. The number of ether oxygens (including phenoxy) is 1. The Kier molecular flexibility index (Phi) is 8.42. The highest BCUT2D eigenvalue weighted by Gasteiger charge is 2.32. The zero-order chi connectivity index (χ0) is 32.6. The number of carbonyl (C=O) groups is 3. The number of aromatic nitrogens is 4. The van der Waals surface area contributed by atoms with Gasteiger partial charge < -0.3 is 10.1 Å². The van der Waals surface area contributed by atoms with E-state index in [9.17, 15) is 31.9 Å². The summed E-state index contributed by atoms with van der Waals surface area (Å²) >= 11 is 0. The van der Waals surface area contributed by atoms with E-state index in [-0.39, 0.29) is 23.9 Å². The normalized spacial score (nSPS) is 18.1. The number of imide groups is 1. The summed E-state index contributed by atoms with van der Waals surface area (Å²) in [5, 5.41) is 10.4. The van der Waals surface area contributed by atoms with Gasteiger partial charge in [-0.3, -0.25) is 34.3 Å². The molecule has 4 aromatic rings. The lowest BCUT2D eigenvalue weighted by atomic mass is 9.91. The van der Waals surface area contributed by atoms with Crippen molar-refractivity contribution in [1.82, 2.24) is 30.0 Å². The van der Waals surface area contributed by atoms with Crippen LogP contribution in [0.3, 0.4) is 0 Å². The fourth-order valence-electron chi connectivity index (χ4n) is 5.82. The monoisotopic (exact) mass is 639 g/mol. The molecule has 2 saturated heterocycles. The number of fused-ring (bicyclic) bond motifs is 1. The number of nitrogens with zero attached hydrogens (tertiary/aromatic N) is 5. The first-order valence-corrected chi connectivity index (χ1v) is 14.6. The van der Waals surface area contributed by atoms with Crippen LogP contribution >= 0.6 is 0 Å². The lowest BCUT2D eigenvalue weighted by Gasteiger charge is -2.32. The van der Waals surface area contributed by atoms with Crippen molar-refractivity contribution in [3.63, 3.8) is 0 Å². The minimum atomic E-state index is -4.61. The van der Waals surface area contributed by atoms with E-state index in [1.165, 1.54) is 13.3 Å². The van der Waals surface area contributed by atoms with E-state index in [0.717, 1.165) is 36.6 Å². The zero-order valence-electron chi connectivity index (χ0n) is 24.6. The first-order chi connectivity index (χ1) is 22.0. The molecule has 1 atom stereocenters. The van der Waals surface area contributed by atoms with Gasteiger partial charge in [-0.25, -0.2) is 4.98 Å². The summed E-state index contributed by atoms with van der Waals surface area (Å²) in [5.41, 5.74) is 0.789. The molecule has 0 aliphatic carbocycles. The third-order valence-electron chi connectivity index (χ3n) is 8.31. The Labute approximate surface area is 259 Å². The standard InChI is InChI=1S/C31H29F4N7O4/c1-46-25-12-23-19(11-24(25)38-29(44)17-2-4-26(36-13-17)31(33,34)35)16-42(40-23)21-6-8-41(9-7-21)15-20-10-18(14-37-28(20)32)22-3-5-27(43)39-30(22)45/h2,4,10-14,16,21-22H,3,5-9,15H2,1H3,(H,38,44)(H,39,43,45). The maximum Gasteiger partial charge on any atom is 0.433 e. The molecule has 11 nitrogen and oxygen atoms in total. The number of rotatable bonds is 7. The number of methoxy groups -OCH3 is 1. The molecule has 15 heteroatoms. The van der Waals surface area contributed by atoms with E-state index in [4.69, 9.17) is 9.84 Å². The van der Waals surface area contributed by atoms with Gasteiger partial charge in [-0.1, -0.05) is 0 Å². The molecule has 0 radical (unpaired) electrons. The van der Waals surface area contributed by atoms with Gasteiger partial charge in [-0.05, 0) is 49.1 Å². The largest absolute Gasteiger partial charge is 0.494 e. The number of hydrogen-bond donors (Lipinski definition) is 2. The summed E-state index contributed by atoms with van der Waals surface area (Å²) in [5.74, 6) is -2.16. The third kappa shape index (κ3) is 6.54. The number of pyridine rings is 2. The molecule has 2 aliphatic rings. The van der Waals surface area contributed by atoms with Gasteiger partial charge in [0.15, 0.2) is 0 Å². The Hall–Kier alpha value is -4.92. The Morgan fingerprint density at radius 1 is 1.09 bits per heavy atom. The van der Waals surface area contributed by atoms with Crippen LogP contribution in [0.25, 0.3) is 10.9 Å². The summed E-state index contributed by atoms with van der Waals surface area (Å²) in [6.07, 6.45) is 1.52. The molecule has 1 aromatic carbocycles. The van der Waals surface area contributed by atoms with Crippen molar-refractivity contribution in [3.8, 4) is 5.75 Å². The second-order valence-corrected chi connectivity index (χ2v) is 11.3. The Morgan fingerprint density at radius 2 is 1.87 bits per heavy atom. The second-order valence-electron chi connectivity index (χ2n) is 11.3. The molecule has 1 unspecified atom stereocenters. The summed E-state index contributed by atoms with van der Waals surface area (Å²) in [4.78, 5) is 45.9. The number of nitrogens with one attached hydrogen (secondary N) is 2. The molecule has 0 saturated carbocycles. The van der Waals surface area contributed by atoms with E-state index in [1.807, 2.05) is 10.9 Å². The molecule has 0 bridgehead atoms. The van der Waals surface area contributed by atoms with E-state index < -0.39 is 35.6 Å². The highest BCUT2D eigenvalue weighted by molar-refractivity contribution is 6.06. The van der Waals surface area contributed by atoms with Gasteiger partial charge in [0.1, 0.15) is 11.4 Å². The fourth-order valence-corrected chi connectivity index (χ4v) is 5.82. The van der Waals surface area contributed by atoms with E-state index in [2.05, 4.69) is 25.5 Å². The summed E-state index contributed by atoms with van der Waals surface area (Å²) in [6.45, 7) is 1.64. The topological polar surface area (TPSA) is 131 Å². The fraction of sp³-hybridized carbons (Fsp3) is 0.355. The van der Waals surface area contributed by atoms with Gasteiger partial charge in [-0.15, -0.1) is 0 Å². The van der Waals surface area contributed by atoms with Crippen LogP contribution in [0.2, 0.25) is 0 Å². The molecule has 3 amide bonds. The van der Waals surface area contributed by atoms with Crippen LogP contribution in [0.5, 0.6) is 5.75 Å². The molecule has 46 heavy (non-hydrogen) atoms. The highest BCUT2D eigenvalue weighted by atomic mass is 19.4. The highest BCUT2D eigenvalue weighted by Crippen LogP contribution is 2.33. The van der Waals surface area contributed by atoms with Crippen LogP contribution in [0, 0.1) is 5.95 Å². The lowest BCUT2D eigenvalue weighted by Crippen LogP contribution is -2.39. The predicted molar refractivity (Wildman–Crippen MR) is 156 cm³/mol. The number of likely N-dealkylation sites (tertiary alicyclic amines) is 1. The van der Waals surface area contributed by atoms with Crippen molar-refractivity contribution in [2.24, 2.45) is 0 Å². The van der Waals surface area contributed by atoms with Gasteiger partial charge >= 0.3 is 6.18 Å². The number of amides is 3. The molecule has 0 spiro atoms. The summed E-state index contributed by atoms with van der Waals surface area (Å²) in [7, 11) is 1.43. The van der Waals surface area contributed by atoms with Crippen LogP contribution in [0.4, 0.5) is 23.2 Å². The van der Waals surface area contributed by atoms with Crippen molar-refractivity contribution in [2.45, 2.75) is 50.4 Å². The van der Waals surface area contributed by atoms with E-state index >= 15 is 0 Å². The molecule has 2 N–H and O–H groups in total. The minimum absolute atomic E-state index is 0.0454. The van der Waals surface area contributed by atoms with Crippen molar-refractivity contribution >= 4 is 34.3 Å².